The standard InChI is InChI=1S/C23H31N5O.HI/c1-2-24-23(28-11-9-21(18-28)27-12-14-29-15-13-27)26-17-19-6-5-7-20(16-19)22-8-3-4-10-25-22;/h3-8,10,16,21H,2,9,11-15,17-18H2,1H3,(H,24,26);1H. The van der Waals surface area contributed by atoms with E-state index in [-0.39, 0.29) is 24.0 Å². The monoisotopic (exact) mass is 521 g/mol. The van der Waals surface area contributed by atoms with Gasteiger partial charge in [-0.3, -0.25) is 9.88 Å². The Morgan fingerprint density at radius 2 is 2.03 bits per heavy atom. The Hall–Kier alpha value is -1.71. The van der Waals surface area contributed by atoms with Gasteiger partial charge in [-0.25, -0.2) is 4.99 Å². The van der Waals surface area contributed by atoms with Crippen molar-refractivity contribution in [1.82, 2.24) is 20.1 Å². The number of halogens is 1. The molecule has 0 aliphatic carbocycles. The van der Waals surface area contributed by atoms with E-state index in [9.17, 15) is 0 Å². The van der Waals surface area contributed by atoms with Crippen LogP contribution in [-0.2, 0) is 11.3 Å². The first-order chi connectivity index (χ1) is 14.3. The van der Waals surface area contributed by atoms with E-state index in [2.05, 4.69) is 51.3 Å². The third-order valence-corrected chi connectivity index (χ3v) is 5.66. The second kappa shape index (κ2) is 11.6. The number of pyridine rings is 1. The fourth-order valence-corrected chi connectivity index (χ4v) is 4.13. The Labute approximate surface area is 196 Å². The Kier molecular flexibility index (Phi) is 8.89. The number of morpholine rings is 1. The highest BCUT2D eigenvalue weighted by molar-refractivity contribution is 14.0. The smallest absolute Gasteiger partial charge is 0.194 e. The van der Waals surface area contributed by atoms with Gasteiger partial charge in [-0.1, -0.05) is 24.3 Å². The maximum atomic E-state index is 5.51. The Balaban J connectivity index is 0.00000256. The van der Waals surface area contributed by atoms with Gasteiger partial charge in [0.05, 0.1) is 25.5 Å². The van der Waals surface area contributed by atoms with Gasteiger partial charge in [-0.15, -0.1) is 24.0 Å². The molecule has 30 heavy (non-hydrogen) atoms. The molecule has 0 bridgehead atoms. The molecule has 0 amide bonds. The fraction of sp³-hybridized carbons (Fsp3) is 0.478. The number of hydrogen-bond donors (Lipinski definition) is 1. The predicted molar refractivity (Wildman–Crippen MR) is 132 cm³/mol. The molecule has 3 heterocycles. The summed E-state index contributed by atoms with van der Waals surface area (Å²) in [5.74, 6) is 1.02. The summed E-state index contributed by atoms with van der Waals surface area (Å²) in [7, 11) is 0. The molecule has 6 nitrogen and oxygen atoms in total. The molecule has 1 aromatic heterocycles. The topological polar surface area (TPSA) is 53.0 Å². The van der Waals surface area contributed by atoms with Crippen molar-refractivity contribution in [2.24, 2.45) is 4.99 Å². The van der Waals surface area contributed by atoms with Gasteiger partial charge in [0.2, 0.25) is 0 Å². The summed E-state index contributed by atoms with van der Waals surface area (Å²) >= 11 is 0. The molecule has 2 aliphatic rings. The van der Waals surface area contributed by atoms with E-state index in [1.54, 1.807) is 0 Å². The van der Waals surface area contributed by atoms with Gasteiger partial charge in [0.25, 0.3) is 0 Å². The van der Waals surface area contributed by atoms with Crippen LogP contribution in [0.4, 0.5) is 0 Å². The molecule has 1 N–H and O–H groups in total. The van der Waals surface area contributed by atoms with E-state index < -0.39 is 0 Å². The van der Waals surface area contributed by atoms with Crippen molar-refractivity contribution >= 4 is 29.9 Å². The number of guanidine groups is 1. The first kappa shape index (κ1) is 23.0. The number of ether oxygens (including phenoxy) is 1. The van der Waals surface area contributed by atoms with Crippen LogP contribution in [0.25, 0.3) is 11.3 Å². The molecule has 7 heteroatoms. The van der Waals surface area contributed by atoms with Crippen LogP contribution in [0.15, 0.2) is 53.7 Å². The molecule has 162 valence electrons. The number of aliphatic imine (C=N–C) groups is 1. The first-order valence-corrected chi connectivity index (χ1v) is 10.7. The molecule has 2 saturated heterocycles. The van der Waals surface area contributed by atoms with E-state index in [4.69, 9.17) is 9.73 Å². The van der Waals surface area contributed by atoms with Gasteiger partial charge in [-0.2, -0.15) is 0 Å². The van der Waals surface area contributed by atoms with E-state index >= 15 is 0 Å². The molecule has 0 saturated carbocycles. The molecular formula is C23H32IN5O. The van der Waals surface area contributed by atoms with Crippen molar-refractivity contribution in [1.29, 1.82) is 0 Å². The van der Waals surface area contributed by atoms with Crippen LogP contribution in [0.1, 0.15) is 18.9 Å². The quantitative estimate of drug-likeness (QED) is 0.372. The Morgan fingerprint density at radius 1 is 1.17 bits per heavy atom. The minimum atomic E-state index is 0. The lowest BCUT2D eigenvalue weighted by molar-refractivity contribution is 0.0195. The largest absolute Gasteiger partial charge is 0.379 e. The molecule has 0 radical (unpaired) electrons. The van der Waals surface area contributed by atoms with E-state index in [1.165, 1.54) is 12.0 Å². The zero-order chi connectivity index (χ0) is 19.9. The van der Waals surface area contributed by atoms with E-state index in [0.29, 0.717) is 12.6 Å². The summed E-state index contributed by atoms with van der Waals surface area (Å²) in [5.41, 5.74) is 3.34. The SMILES string of the molecule is CCNC(=NCc1cccc(-c2ccccn2)c1)N1CCC(N2CCOCC2)C1.I. The fourth-order valence-electron chi connectivity index (χ4n) is 4.13. The molecule has 1 atom stereocenters. The minimum Gasteiger partial charge on any atom is -0.379 e. The molecule has 2 fully saturated rings. The number of benzene rings is 1. The Morgan fingerprint density at radius 3 is 2.80 bits per heavy atom. The number of hydrogen-bond acceptors (Lipinski definition) is 4. The highest BCUT2D eigenvalue weighted by atomic mass is 127. The van der Waals surface area contributed by atoms with Crippen LogP contribution in [0.2, 0.25) is 0 Å². The molecule has 1 unspecified atom stereocenters. The molecule has 4 rings (SSSR count). The van der Waals surface area contributed by atoms with Crippen LogP contribution >= 0.6 is 24.0 Å². The van der Waals surface area contributed by atoms with Gasteiger partial charge < -0.3 is 15.0 Å². The molecule has 1 aromatic carbocycles. The number of nitrogens with zero attached hydrogens (tertiary/aromatic N) is 4. The summed E-state index contributed by atoms with van der Waals surface area (Å²) in [4.78, 5) is 14.4. The Bertz CT molecular complexity index is 810. The van der Waals surface area contributed by atoms with Gasteiger partial charge >= 0.3 is 0 Å². The maximum Gasteiger partial charge on any atom is 0.194 e. The van der Waals surface area contributed by atoms with Gasteiger partial charge in [0.15, 0.2) is 5.96 Å². The normalized spacial score (nSPS) is 20.1. The molecular weight excluding hydrogens is 489 g/mol. The zero-order valence-electron chi connectivity index (χ0n) is 17.7. The van der Waals surface area contributed by atoms with Crippen molar-refractivity contribution < 1.29 is 4.74 Å². The van der Waals surface area contributed by atoms with Crippen molar-refractivity contribution in [2.45, 2.75) is 25.9 Å². The predicted octanol–water partition coefficient (Wildman–Crippen LogP) is 3.24. The average Bonchev–Trinajstić information content (AvgIpc) is 3.28. The number of aromatic nitrogens is 1. The molecule has 2 aromatic rings. The van der Waals surface area contributed by atoms with Crippen molar-refractivity contribution in [3.63, 3.8) is 0 Å². The van der Waals surface area contributed by atoms with E-state index in [0.717, 1.165) is 63.2 Å². The van der Waals surface area contributed by atoms with Crippen LogP contribution in [0, 0.1) is 0 Å². The van der Waals surface area contributed by atoms with Crippen molar-refractivity contribution in [3.05, 3.63) is 54.2 Å². The average molecular weight is 521 g/mol. The van der Waals surface area contributed by atoms with Crippen LogP contribution in [0.3, 0.4) is 0 Å². The second-order valence-electron chi connectivity index (χ2n) is 7.62. The number of rotatable bonds is 5. The van der Waals surface area contributed by atoms with Gasteiger partial charge in [0.1, 0.15) is 0 Å². The number of nitrogens with one attached hydrogen (secondary N) is 1. The van der Waals surface area contributed by atoms with Crippen molar-refractivity contribution in [2.75, 3.05) is 45.9 Å². The van der Waals surface area contributed by atoms with Crippen molar-refractivity contribution in [3.8, 4) is 11.3 Å². The third kappa shape index (κ3) is 5.92. The van der Waals surface area contributed by atoms with Crippen LogP contribution < -0.4 is 5.32 Å². The second-order valence-corrected chi connectivity index (χ2v) is 7.62. The molecule has 2 aliphatic heterocycles. The van der Waals surface area contributed by atoms with Crippen LogP contribution in [0.5, 0.6) is 0 Å². The zero-order valence-corrected chi connectivity index (χ0v) is 20.0. The summed E-state index contributed by atoms with van der Waals surface area (Å²) in [5, 5.41) is 3.48. The van der Waals surface area contributed by atoms with Gasteiger partial charge in [-0.05, 0) is 37.1 Å². The summed E-state index contributed by atoms with van der Waals surface area (Å²) in [6.07, 6.45) is 3.03. The maximum absolute atomic E-state index is 5.51. The summed E-state index contributed by atoms with van der Waals surface area (Å²) < 4.78 is 5.51. The first-order valence-electron chi connectivity index (χ1n) is 10.7. The lowest BCUT2D eigenvalue weighted by atomic mass is 10.1. The highest BCUT2D eigenvalue weighted by Crippen LogP contribution is 2.19. The van der Waals surface area contributed by atoms with Crippen LogP contribution in [-0.4, -0.2) is 72.7 Å². The minimum absolute atomic E-state index is 0. The summed E-state index contributed by atoms with van der Waals surface area (Å²) in [6.45, 7) is 9.59. The van der Waals surface area contributed by atoms with E-state index in [1.807, 2.05) is 24.4 Å². The lowest BCUT2D eigenvalue weighted by Crippen LogP contribution is -2.46. The third-order valence-electron chi connectivity index (χ3n) is 5.66. The molecule has 0 spiro atoms. The summed E-state index contributed by atoms with van der Waals surface area (Å²) in [6, 6.07) is 15.1. The number of likely N-dealkylation sites (tertiary alicyclic amines) is 1. The highest BCUT2D eigenvalue weighted by Gasteiger charge is 2.30. The van der Waals surface area contributed by atoms with Gasteiger partial charge in [0, 0.05) is 50.5 Å². The lowest BCUT2D eigenvalue weighted by Gasteiger charge is -2.32.